The zero-order chi connectivity index (χ0) is 33.9. The number of hydrogen-bond donors (Lipinski definition) is 1. The number of carbonyl (C=O) groups is 1. The topological polar surface area (TPSA) is 103 Å². The van der Waals surface area contributed by atoms with Crippen LogP contribution in [0.4, 0.5) is 28.4 Å². The van der Waals surface area contributed by atoms with Crippen LogP contribution in [0.2, 0.25) is 0 Å². The second-order valence-electron chi connectivity index (χ2n) is 11.6. The van der Waals surface area contributed by atoms with Crippen LogP contribution in [0, 0.1) is 17.1 Å². The Hall–Kier alpha value is -4.13. The van der Waals surface area contributed by atoms with Gasteiger partial charge in [0.25, 0.3) is 0 Å². The van der Waals surface area contributed by atoms with E-state index in [2.05, 4.69) is 16.9 Å². The fraction of sp³-hybridized carbons (Fsp3) is 0.375. The first-order chi connectivity index (χ1) is 22.4. The van der Waals surface area contributed by atoms with Crippen molar-refractivity contribution >= 4 is 60.8 Å². The zero-order valence-corrected chi connectivity index (χ0v) is 27.5. The van der Waals surface area contributed by atoms with Gasteiger partial charge in [0.15, 0.2) is 0 Å². The molecule has 1 unspecified atom stereocenters. The van der Waals surface area contributed by atoms with Gasteiger partial charge in [0.1, 0.15) is 22.7 Å². The predicted octanol–water partition coefficient (Wildman–Crippen LogP) is 6.25. The van der Waals surface area contributed by atoms with Gasteiger partial charge in [-0.25, -0.2) is 9.18 Å². The van der Waals surface area contributed by atoms with Gasteiger partial charge in [0.2, 0.25) is 5.91 Å². The molecule has 4 heterocycles. The van der Waals surface area contributed by atoms with Gasteiger partial charge in [-0.2, -0.15) is 23.4 Å². The third-order valence-electron chi connectivity index (χ3n) is 8.64. The molecule has 1 saturated heterocycles. The van der Waals surface area contributed by atoms with Gasteiger partial charge in [-0.15, -0.1) is 23.1 Å². The SMILES string of the molecule is C=CC(=O)N1[C@H](C)CN(c2nc(=O)n3c4c(c(-c5ccc(F)c6sc(NC)c(C#N)c56)c(C(F)(F)F)cc24)SCC3COC)C[C@@H]1C. The van der Waals surface area contributed by atoms with E-state index >= 15 is 17.6 Å². The number of nitriles is 1. The van der Waals surface area contributed by atoms with Gasteiger partial charge in [-0.3, -0.25) is 9.36 Å². The molecule has 1 amide bonds. The molecule has 3 atom stereocenters. The van der Waals surface area contributed by atoms with Crippen molar-refractivity contribution in [2.45, 2.75) is 43.0 Å². The van der Waals surface area contributed by atoms with Crippen LogP contribution in [0.1, 0.15) is 31.0 Å². The molecule has 2 aromatic heterocycles. The lowest BCUT2D eigenvalue weighted by Crippen LogP contribution is -2.58. The van der Waals surface area contributed by atoms with Crippen LogP contribution in [0.25, 0.3) is 32.1 Å². The molecule has 0 radical (unpaired) electrons. The number of carbonyl (C=O) groups excluding carboxylic acids is 1. The molecule has 4 aromatic rings. The lowest BCUT2D eigenvalue weighted by Gasteiger charge is -2.45. The van der Waals surface area contributed by atoms with E-state index in [9.17, 15) is 14.9 Å². The number of piperazine rings is 1. The summed E-state index contributed by atoms with van der Waals surface area (Å²) in [6, 6.07) is 4.18. The summed E-state index contributed by atoms with van der Waals surface area (Å²) in [5.74, 6) is -0.641. The van der Waals surface area contributed by atoms with Crippen LogP contribution >= 0.6 is 23.1 Å². The first-order valence-electron chi connectivity index (χ1n) is 14.7. The maximum atomic E-state index is 15.2. The zero-order valence-electron chi connectivity index (χ0n) is 25.9. The van der Waals surface area contributed by atoms with Gasteiger partial charge in [-0.05, 0) is 37.6 Å². The monoisotopic (exact) mass is 686 g/mol. The number of rotatable bonds is 6. The van der Waals surface area contributed by atoms with Crippen molar-refractivity contribution in [2.24, 2.45) is 0 Å². The number of benzene rings is 2. The third kappa shape index (κ3) is 5.22. The molecule has 2 aliphatic heterocycles. The molecular formula is C32H30F4N6O3S2. The standard InChI is InChI=1S/C32H30F4N6O3S2/c1-6-23(43)41-15(2)11-40(12-16(41)3)29-19-9-21(32(34,35)36)25(28-26(19)42(31(44)39-29)17(13-45-5)14-46-28)18-7-8-22(33)27-24(18)20(10-37)30(38-4)47-27/h6-9,15-17,38H,1,11-14H2,2-5H3/t15-,16+,17?. The number of alkyl halides is 3. The summed E-state index contributed by atoms with van der Waals surface area (Å²) in [4.78, 5) is 34.4. The maximum absolute atomic E-state index is 15.2. The lowest BCUT2D eigenvalue weighted by molar-refractivity contribution is -0.137. The highest BCUT2D eigenvalue weighted by atomic mass is 32.2. The minimum Gasteiger partial charge on any atom is -0.383 e. The number of ether oxygens (including phenoxy) is 1. The van der Waals surface area contributed by atoms with Crippen molar-refractivity contribution in [1.82, 2.24) is 14.5 Å². The van der Waals surface area contributed by atoms with Crippen LogP contribution in [0.3, 0.4) is 0 Å². The molecule has 15 heteroatoms. The molecule has 1 N–H and O–H groups in total. The predicted molar refractivity (Wildman–Crippen MR) is 176 cm³/mol. The van der Waals surface area contributed by atoms with Crippen molar-refractivity contribution in [2.75, 3.05) is 49.8 Å². The number of aromatic nitrogens is 2. The molecule has 47 heavy (non-hydrogen) atoms. The Kier molecular flexibility index (Phi) is 8.48. The summed E-state index contributed by atoms with van der Waals surface area (Å²) in [7, 11) is 3.03. The van der Waals surface area contributed by atoms with Crippen LogP contribution in [-0.4, -0.2) is 72.0 Å². The average Bonchev–Trinajstić information content (AvgIpc) is 3.42. The normalized spacial score (nSPS) is 19.7. The average molecular weight is 687 g/mol. The number of hydrogen-bond acceptors (Lipinski definition) is 9. The third-order valence-corrected chi connectivity index (χ3v) is 11.1. The van der Waals surface area contributed by atoms with E-state index in [4.69, 9.17) is 4.74 Å². The second kappa shape index (κ2) is 12.1. The fourth-order valence-corrected chi connectivity index (χ4v) is 9.19. The van der Waals surface area contributed by atoms with Crippen molar-refractivity contribution in [3.63, 3.8) is 0 Å². The number of halogens is 4. The summed E-state index contributed by atoms with van der Waals surface area (Å²) >= 11 is 2.10. The van der Waals surface area contributed by atoms with Crippen molar-refractivity contribution in [3.05, 3.63) is 58.3 Å². The van der Waals surface area contributed by atoms with E-state index in [-0.39, 0.29) is 91.8 Å². The Morgan fingerprint density at radius 2 is 1.98 bits per heavy atom. The van der Waals surface area contributed by atoms with Crippen LogP contribution in [0.5, 0.6) is 0 Å². The highest BCUT2D eigenvalue weighted by Crippen LogP contribution is 2.53. The Bertz CT molecular complexity index is 2040. The molecule has 2 aliphatic rings. The Labute approximate surface area is 275 Å². The van der Waals surface area contributed by atoms with Crippen LogP contribution in [0.15, 0.2) is 40.5 Å². The van der Waals surface area contributed by atoms with Gasteiger partial charge in [0.05, 0.1) is 34.0 Å². The molecule has 2 aromatic carbocycles. The van der Waals surface area contributed by atoms with Gasteiger partial charge in [-0.1, -0.05) is 12.6 Å². The summed E-state index contributed by atoms with van der Waals surface area (Å²) in [5.41, 5.74) is -1.56. The number of anilines is 2. The Morgan fingerprint density at radius 1 is 1.28 bits per heavy atom. The summed E-state index contributed by atoms with van der Waals surface area (Å²) in [6.45, 7) is 7.76. The minimum absolute atomic E-state index is 0.0308. The molecule has 9 nitrogen and oxygen atoms in total. The maximum Gasteiger partial charge on any atom is 0.417 e. The largest absolute Gasteiger partial charge is 0.417 e. The number of nitrogens with one attached hydrogen (secondary N) is 1. The van der Waals surface area contributed by atoms with E-state index in [1.807, 2.05) is 19.9 Å². The minimum atomic E-state index is -4.88. The fourth-order valence-electron chi connectivity index (χ4n) is 6.84. The van der Waals surface area contributed by atoms with Crippen molar-refractivity contribution in [1.29, 1.82) is 5.26 Å². The van der Waals surface area contributed by atoms with E-state index in [1.165, 1.54) is 23.8 Å². The smallest absolute Gasteiger partial charge is 0.383 e. The number of thiophene rings is 1. The lowest BCUT2D eigenvalue weighted by atomic mass is 9.92. The first kappa shape index (κ1) is 32.8. The number of nitrogens with zero attached hydrogens (tertiary/aromatic N) is 5. The van der Waals surface area contributed by atoms with Crippen LogP contribution in [-0.2, 0) is 15.7 Å². The Morgan fingerprint density at radius 3 is 2.57 bits per heavy atom. The molecule has 0 aliphatic carbocycles. The van der Waals surface area contributed by atoms with E-state index in [0.717, 1.165) is 35.2 Å². The number of amides is 1. The summed E-state index contributed by atoms with van der Waals surface area (Å²) in [6.07, 6.45) is -3.66. The van der Waals surface area contributed by atoms with E-state index in [0.29, 0.717) is 5.00 Å². The molecular weight excluding hydrogens is 657 g/mol. The highest BCUT2D eigenvalue weighted by molar-refractivity contribution is 7.99. The summed E-state index contributed by atoms with van der Waals surface area (Å²) in [5, 5.41) is 13.4. The van der Waals surface area contributed by atoms with Gasteiger partial charge < -0.3 is 19.9 Å². The first-order valence-corrected chi connectivity index (χ1v) is 16.5. The highest BCUT2D eigenvalue weighted by Gasteiger charge is 2.41. The van der Waals surface area contributed by atoms with Gasteiger partial charge in [0, 0.05) is 66.3 Å². The second-order valence-corrected chi connectivity index (χ2v) is 13.6. The van der Waals surface area contributed by atoms with Crippen molar-refractivity contribution < 1.29 is 27.1 Å². The molecule has 6 rings (SSSR count). The van der Waals surface area contributed by atoms with Crippen LogP contribution < -0.4 is 15.9 Å². The summed E-state index contributed by atoms with van der Waals surface area (Å²) < 4.78 is 67.7. The number of methoxy groups -OCH3 is 1. The molecule has 246 valence electrons. The number of thioether (sulfide) groups is 1. The Balaban J connectivity index is 1.72. The quantitative estimate of drug-likeness (QED) is 0.188. The van der Waals surface area contributed by atoms with E-state index in [1.54, 1.807) is 16.8 Å². The van der Waals surface area contributed by atoms with Crippen molar-refractivity contribution in [3.8, 4) is 17.2 Å². The molecule has 0 saturated carbocycles. The molecule has 0 bridgehead atoms. The molecule has 1 fully saturated rings. The molecule has 0 spiro atoms. The van der Waals surface area contributed by atoms with Gasteiger partial charge >= 0.3 is 11.9 Å². The van der Waals surface area contributed by atoms with E-state index < -0.39 is 29.3 Å². The number of fused-ring (bicyclic) bond motifs is 1.